The standard InChI is InChI=1S/C5H12NO3PS2.C2H6O/c1-6-5(7)4-12-10(11,8-2)9-3;1-2-3/h4H2,1-3H3,(H,6,7);3H,2H2,1H3. The number of rotatable bonds is 5. The number of aliphatic hydroxyl groups is 1. The summed E-state index contributed by atoms with van der Waals surface area (Å²) in [5.74, 6) is 0.193. The SMILES string of the molecule is CCO.CNC(=O)CSP(=S)(OC)OC. The Labute approximate surface area is 99.8 Å². The van der Waals surface area contributed by atoms with Crippen LogP contribution in [0, 0.1) is 0 Å². The highest BCUT2D eigenvalue weighted by Crippen LogP contribution is 2.59. The Bertz CT molecular complexity index is 207. The molecule has 15 heavy (non-hydrogen) atoms. The Morgan fingerprint density at radius 1 is 1.53 bits per heavy atom. The minimum absolute atomic E-state index is 0.0803. The molecule has 8 heteroatoms. The van der Waals surface area contributed by atoms with E-state index >= 15 is 0 Å². The van der Waals surface area contributed by atoms with E-state index in [1.165, 1.54) is 25.6 Å². The van der Waals surface area contributed by atoms with Gasteiger partial charge in [0.2, 0.25) is 11.6 Å². The van der Waals surface area contributed by atoms with Crippen LogP contribution in [0.3, 0.4) is 0 Å². The van der Waals surface area contributed by atoms with Crippen molar-refractivity contribution in [2.24, 2.45) is 0 Å². The molecule has 0 saturated carbocycles. The van der Waals surface area contributed by atoms with Crippen LogP contribution in [-0.4, -0.2) is 44.6 Å². The smallest absolute Gasteiger partial charge is 0.247 e. The fourth-order valence-electron chi connectivity index (χ4n) is 0.390. The first-order chi connectivity index (χ1) is 6.99. The lowest BCUT2D eigenvalue weighted by molar-refractivity contribution is -0.118. The topological polar surface area (TPSA) is 67.8 Å². The van der Waals surface area contributed by atoms with Crippen LogP contribution in [0.15, 0.2) is 0 Å². The summed E-state index contributed by atoms with van der Waals surface area (Å²) in [6.45, 7) is 1.93. The normalized spacial score (nSPS) is 10.2. The first-order valence-electron chi connectivity index (χ1n) is 4.17. The molecule has 0 aromatic carbocycles. The van der Waals surface area contributed by atoms with E-state index in [2.05, 4.69) is 5.32 Å². The average molecular weight is 275 g/mol. The molecule has 0 unspecified atom stereocenters. The molecular weight excluding hydrogens is 257 g/mol. The molecule has 0 saturated heterocycles. The maximum Gasteiger partial charge on any atom is 0.247 e. The largest absolute Gasteiger partial charge is 0.397 e. The van der Waals surface area contributed by atoms with Gasteiger partial charge < -0.3 is 19.5 Å². The van der Waals surface area contributed by atoms with E-state index in [0.717, 1.165) is 0 Å². The van der Waals surface area contributed by atoms with Crippen LogP contribution in [-0.2, 0) is 25.6 Å². The van der Waals surface area contributed by atoms with Gasteiger partial charge in [0.15, 0.2) is 0 Å². The predicted molar refractivity (Wildman–Crippen MR) is 67.6 cm³/mol. The van der Waals surface area contributed by atoms with E-state index < -0.39 is 5.69 Å². The zero-order valence-corrected chi connectivity index (χ0v) is 11.9. The molecule has 0 fully saturated rings. The monoisotopic (exact) mass is 275 g/mol. The van der Waals surface area contributed by atoms with Crippen molar-refractivity contribution in [3.05, 3.63) is 0 Å². The highest BCUT2D eigenvalue weighted by atomic mass is 32.9. The minimum atomic E-state index is -2.26. The van der Waals surface area contributed by atoms with Crippen molar-refractivity contribution in [1.82, 2.24) is 5.32 Å². The average Bonchev–Trinajstić information content (AvgIpc) is 2.26. The number of aliphatic hydroxyl groups excluding tert-OH is 1. The first kappa shape index (κ1) is 17.7. The second-order valence-corrected chi connectivity index (χ2v) is 8.60. The lowest BCUT2D eigenvalue weighted by atomic mass is 10.7. The summed E-state index contributed by atoms with van der Waals surface area (Å²) in [4.78, 5) is 10.8. The molecule has 0 aliphatic heterocycles. The van der Waals surface area contributed by atoms with Gasteiger partial charge in [0.05, 0.1) is 5.75 Å². The van der Waals surface area contributed by atoms with Crippen molar-refractivity contribution in [1.29, 1.82) is 0 Å². The quantitative estimate of drug-likeness (QED) is 0.729. The van der Waals surface area contributed by atoms with Crippen LogP contribution in [0.5, 0.6) is 0 Å². The van der Waals surface area contributed by atoms with E-state index in [1.807, 2.05) is 0 Å². The molecule has 2 N–H and O–H groups in total. The van der Waals surface area contributed by atoms with Gasteiger partial charge in [-0.25, -0.2) is 0 Å². The van der Waals surface area contributed by atoms with E-state index in [-0.39, 0.29) is 18.3 Å². The molecule has 0 rings (SSSR count). The third-order valence-corrected chi connectivity index (χ3v) is 6.76. The molecule has 0 atom stereocenters. The summed E-state index contributed by atoms with van der Waals surface area (Å²) in [6.07, 6.45) is 0. The van der Waals surface area contributed by atoms with Gasteiger partial charge in [0.25, 0.3) is 0 Å². The molecule has 0 aliphatic carbocycles. The number of carbonyl (C=O) groups is 1. The van der Waals surface area contributed by atoms with Gasteiger partial charge in [-0.05, 0) is 18.7 Å². The Morgan fingerprint density at radius 2 is 1.93 bits per heavy atom. The Hall–Kier alpha value is 0.350. The van der Waals surface area contributed by atoms with Gasteiger partial charge in [-0.3, -0.25) is 4.79 Å². The second-order valence-electron chi connectivity index (χ2n) is 2.08. The third kappa shape index (κ3) is 10.6. The Balaban J connectivity index is 0. The lowest BCUT2D eigenvalue weighted by Gasteiger charge is -2.15. The minimum Gasteiger partial charge on any atom is -0.397 e. The molecule has 0 aromatic heterocycles. The van der Waals surface area contributed by atoms with E-state index in [9.17, 15) is 4.79 Å². The lowest BCUT2D eigenvalue weighted by Crippen LogP contribution is -2.19. The second kappa shape index (κ2) is 10.9. The summed E-state index contributed by atoms with van der Waals surface area (Å²) in [6, 6.07) is 0. The third-order valence-electron chi connectivity index (χ3n) is 1.08. The molecule has 92 valence electrons. The summed E-state index contributed by atoms with van der Waals surface area (Å²) in [7, 11) is 4.55. The number of hydrogen-bond acceptors (Lipinski definition) is 6. The molecule has 0 aliphatic rings. The van der Waals surface area contributed by atoms with Gasteiger partial charge in [0, 0.05) is 27.9 Å². The molecule has 1 amide bonds. The molecule has 0 bridgehead atoms. The molecule has 0 spiro atoms. The number of carbonyl (C=O) groups excluding carboxylic acids is 1. The fourth-order valence-corrected chi connectivity index (χ4v) is 3.10. The van der Waals surface area contributed by atoms with Crippen molar-refractivity contribution in [2.75, 3.05) is 33.6 Å². The van der Waals surface area contributed by atoms with Crippen LogP contribution in [0.2, 0.25) is 0 Å². The number of nitrogens with one attached hydrogen (secondary N) is 1. The van der Waals surface area contributed by atoms with E-state index in [4.69, 9.17) is 26.0 Å². The summed E-state index contributed by atoms with van der Waals surface area (Å²) in [5.41, 5.74) is -2.26. The molecule has 0 heterocycles. The van der Waals surface area contributed by atoms with Crippen molar-refractivity contribution >= 4 is 34.8 Å². The van der Waals surface area contributed by atoms with Gasteiger partial charge in [-0.15, -0.1) is 0 Å². The molecule has 0 aromatic rings. The van der Waals surface area contributed by atoms with E-state index in [0.29, 0.717) is 0 Å². The summed E-state index contributed by atoms with van der Waals surface area (Å²) < 4.78 is 9.94. The van der Waals surface area contributed by atoms with Gasteiger partial charge >= 0.3 is 0 Å². The molecule has 5 nitrogen and oxygen atoms in total. The maximum absolute atomic E-state index is 10.8. The molecule has 0 radical (unpaired) electrons. The van der Waals surface area contributed by atoms with Crippen LogP contribution in [0.4, 0.5) is 0 Å². The van der Waals surface area contributed by atoms with Gasteiger partial charge in [-0.2, -0.15) is 0 Å². The highest BCUT2D eigenvalue weighted by Gasteiger charge is 2.17. The van der Waals surface area contributed by atoms with Crippen molar-refractivity contribution < 1.29 is 18.9 Å². The zero-order valence-electron chi connectivity index (χ0n) is 9.35. The highest BCUT2D eigenvalue weighted by molar-refractivity contribution is 8.68. The maximum atomic E-state index is 10.8. The Morgan fingerprint density at radius 3 is 2.20 bits per heavy atom. The van der Waals surface area contributed by atoms with Gasteiger partial charge in [0.1, 0.15) is 0 Å². The number of amides is 1. The molecular formula is C7H18NO4PS2. The summed E-state index contributed by atoms with van der Waals surface area (Å²) in [5, 5.41) is 10.1. The van der Waals surface area contributed by atoms with Gasteiger partial charge in [-0.1, -0.05) is 11.4 Å². The predicted octanol–water partition coefficient (Wildman–Crippen LogP) is 0.981. The zero-order chi connectivity index (χ0) is 12.3. The summed E-state index contributed by atoms with van der Waals surface area (Å²) >= 11 is 6.25. The Kier molecular flexibility index (Phi) is 12.8. The van der Waals surface area contributed by atoms with Crippen molar-refractivity contribution in [2.45, 2.75) is 6.92 Å². The number of hydrogen-bond donors (Lipinski definition) is 2. The van der Waals surface area contributed by atoms with Crippen LogP contribution in [0.25, 0.3) is 0 Å². The first-order valence-corrected chi connectivity index (χ1v) is 8.40. The van der Waals surface area contributed by atoms with Crippen molar-refractivity contribution in [3.63, 3.8) is 0 Å². The van der Waals surface area contributed by atoms with Crippen LogP contribution in [0.1, 0.15) is 6.92 Å². The van der Waals surface area contributed by atoms with E-state index in [1.54, 1.807) is 14.0 Å². The fraction of sp³-hybridized carbons (Fsp3) is 0.857. The van der Waals surface area contributed by atoms with Crippen molar-refractivity contribution in [3.8, 4) is 0 Å². The van der Waals surface area contributed by atoms with Crippen LogP contribution < -0.4 is 5.32 Å². The van der Waals surface area contributed by atoms with Crippen LogP contribution >= 0.6 is 17.1 Å².